The van der Waals surface area contributed by atoms with Crippen LogP contribution in [0.3, 0.4) is 0 Å². The third-order valence-electron chi connectivity index (χ3n) is 17.8. The maximum Gasteiger partial charge on any atom is 0.0546 e. The van der Waals surface area contributed by atoms with E-state index in [-0.39, 0.29) is 0 Å². The summed E-state index contributed by atoms with van der Waals surface area (Å²) in [4.78, 5) is 4.89. The van der Waals surface area contributed by atoms with Crippen LogP contribution in [0.1, 0.15) is 33.4 Å². The molecule has 90 heavy (non-hydrogen) atoms. The van der Waals surface area contributed by atoms with Gasteiger partial charge in [-0.1, -0.05) is 291 Å². The van der Waals surface area contributed by atoms with Crippen LogP contribution in [0.5, 0.6) is 0 Å². The molecule has 0 aliphatic heterocycles. The van der Waals surface area contributed by atoms with Crippen molar-refractivity contribution in [2.45, 2.75) is 0 Å². The van der Waals surface area contributed by atoms with Crippen molar-refractivity contribution in [2.75, 3.05) is 9.80 Å². The Labute approximate surface area is 525 Å². The monoisotopic (exact) mass is 1140 g/mol. The van der Waals surface area contributed by atoms with Crippen LogP contribution in [0.25, 0.3) is 99.1 Å². The molecule has 0 N–H and O–H groups in total. The maximum absolute atomic E-state index is 2.44. The first kappa shape index (κ1) is 53.6. The third kappa shape index (κ3) is 10.1. The lowest BCUT2D eigenvalue weighted by molar-refractivity contribution is 1.30. The van der Waals surface area contributed by atoms with E-state index in [2.05, 4.69) is 374 Å². The van der Waals surface area contributed by atoms with E-state index >= 15 is 0 Å². The molecule has 0 aliphatic rings. The number of hydrogen-bond acceptors (Lipinski definition) is 2. The molecule has 0 bridgehead atoms. The fourth-order valence-corrected chi connectivity index (χ4v) is 13.4. The Morgan fingerprint density at radius 2 is 0.467 bits per heavy atom. The zero-order valence-corrected chi connectivity index (χ0v) is 49.5. The molecule has 0 amide bonds. The predicted octanol–water partition coefficient (Wildman–Crippen LogP) is 24.4. The number of fused-ring (bicyclic) bond motifs is 10. The Morgan fingerprint density at radius 1 is 0.200 bits per heavy atom. The highest BCUT2D eigenvalue weighted by Gasteiger charge is 2.22. The van der Waals surface area contributed by atoms with Gasteiger partial charge in [0.05, 0.1) is 11.4 Å². The maximum atomic E-state index is 2.44. The molecule has 0 aliphatic carbocycles. The average Bonchev–Trinajstić information content (AvgIpc) is 0.837. The lowest BCUT2D eigenvalue weighted by Crippen LogP contribution is -2.11. The smallest absolute Gasteiger partial charge is 0.0546 e. The predicted molar refractivity (Wildman–Crippen MR) is 386 cm³/mol. The van der Waals surface area contributed by atoms with Gasteiger partial charge in [0.15, 0.2) is 0 Å². The number of anilines is 6. The number of nitrogens with zero attached hydrogens (tertiary/aromatic N) is 2. The molecule has 0 atom stereocenters. The zero-order chi connectivity index (χ0) is 59.7. The van der Waals surface area contributed by atoms with Crippen LogP contribution in [0.4, 0.5) is 34.1 Å². The molecule has 0 saturated carbocycles. The summed E-state index contributed by atoms with van der Waals surface area (Å²) in [6, 6.07) is 128. The van der Waals surface area contributed by atoms with E-state index in [4.69, 9.17) is 0 Å². The van der Waals surface area contributed by atoms with Gasteiger partial charge in [-0.25, -0.2) is 0 Å². The van der Waals surface area contributed by atoms with Crippen LogP contribution >= 0.6 is 0 Å². The summed E-state index contributed by atoms with van der Waals surface area (Å²) in [6.07, 6.45) is 4.62. The molecule has 2 nitrogen and oxygen atoms in total. The van der Waals surface area contributed by atoms with E-state index in [1.165, 1.54) is 98.0 Å². The Bertz CT molecular complexity index is 4920. The molecule has 0 fully saturated rings. The number of benzene rings is 16. The first-order chi connectivity index (χ1) is 44.6. The quantitative estimate of drug-likeness (QED) is 0.0839. The van der Waals surface area contributed by atoms with Crippen molar-refractivity contribution in [3.8, 4) is 11.1 Å². The standard InChI is InChI=1S/C88H60N2/c1-5-21-65(22-6-1)83(66-23-7-2-8-24-66)57-61-37-47-71(48-38-61)89(87-59-85-75-31-15-13-29-69(75)45-55-79(85)77-33-17-19-35-81(77)87)73-51-41-63(42-52-73)64-43-53-74(54-44-64)90(88-60-86-76-32-16-14-30-70(76)46-56-80(86)78-34-18-20-36-82(78)88)72-49-39-62(40-50-72)58-84(67-25-9-3-10-26-67)68-27-11-4-12-28-68/h1-60H. The van der Waals surface area contributed by atoms with Crippen molar-refractivity contribution >= 4 is 122 Å². The van der Waals surface area contributed by atoms with Gasteiger partial charge < -0.3 is 9.80 Å². The zero-order valence-electron chi connectivity index (χ0n) is 49.5. The molecule has 16 aromatic rings. The number of hydrogen-bond donors (Lipinski definition) is 0. The second kappa shape index (κ2) is 23.4. The summed E-state index contributed by atoms with van der Waals surface area (Å²) in [5.74, 6) is 0. The molecule has 16 aromatic carbocycles. The van der Waals surface area contributed by atoms with Gasteiger partial charge in [0, 0.05) is 33.5 Å². The van der Waals surface area contributed by atoms with Crippen LogP contribution in [-0.2, 0) is 0 Å². The summed E-state index contributed by atoms with van der Waals surface area (Å²) < 4.78 is 0. The van der Waals surface area contributed by atoms with Gasteiger partial charge in [-0.3, -0.25) is 0 Å². The van der Waals surface area contributed by atoms with Gasteiger partial charge in [-0.05, 0) is 182 Å². The average molecular weight is 1150 g/mol. The van der Waals surface area contributed by atoms with Crippen molar-refractivity contribution in [3.05, 3.63) is 385 Å². The molecular weight excluding hydrogens is 1080 g/mol. The number of rotatable bonds is 13. The Morgan fingerprint density at radius 3 is 0.800 bits per heavy atom. The molecule has 0 saturated heterocycles. The van der Waals surface area contributed by atoms with Crippen LogP contribution in [0.2, 0.25) is 0 Å². The minimum Gasteiger partial charge on any atom is -0.310 e. The van der Waals surface area contributed by atoms with Gasteiger partial charge in [-0.15, -0.1) is 0 Å². The molecule has 0 spiro atoms. The van der Waals surface area contributed by atoms with Gasteiger partial charge in [0.1, 0.15) is 0 Å². The van der Waals surface area contributed by atoms with Gasteiger partial charge in [0.25, 0.3) is 0 Å². The third-order valence-corrected chi connectivity index (χ3v) is 17.8. The van der Waals surface area contributed by atoms with E-state index < -0.39 is 0 Å². The lowest BCUT2D eigenvalue weighted by atomic mass is 9.94. The highest BCUT2D eigenvalue weighted by molar-refractivity contribution is 6.23. The summed E-state index contributed by atoms with van der Waals surface area (Å²) in [6.45, 7) is 0. The Kier molecular flexibility index (Phi) is 14.0. The van der Waals surface area contributed by atoms with Crippen molar-refractivity contribution in [1.82, 2.24) is 0 Å². The van der Waals surface area contributed by atoms with Gasteiger partial charge in [-0.2, -0.15) is 0 Å². The van der Waals surface area contributed by atoms with Crippen LogP contribution < -0.4 is 9.80 Å². The van der Waals surface area contributed by atoms with E-state index in [1.807, 2.05) is 0 Å². The Hall–Kier alpha value is -11.8. The van der Waals surface area contributed by atoms with E-state index in [0.29, 0.717) is 0 Å². The van der Waals surface area contributed by atoms with E-state index in [9.17, 15) is 0 Å². The van der Waals surface area contributed by atoms with Crippen LogP contribution in [0.15, 0.2) is 352 Å². The van der Waals surface area contributed by atoms with Gasteiger partial charge >= 0.3 is 0 Å². The second-order valence-corrected chi connectivity index (χ2v) is 23.2. The Balaban J connectivity index is 0.808. The summed E-state index contributed by atoms with van der Waals surface area (Å²) >= 11 is 0. The molecule has 16 rings (SSSR count). The van der Waals surface area contributed by atoms with E-state index in [0.717, 1.165) is 56.4 Å². The second-order valence-electron chi connectivity index (χ2n) is 23.2. The topological polar surface area (TPSA) is 6.48 Å². The van der Waals surface area contributed by atoms with Crippen molar-refractivity contribution in [1.29, 1.82) is 0 Å². The summed E-state index contributed by atoms with van der Waals surface area (Å²) in [5, 5.41) is 14.7. The van der Waals surface area contributed by atoms with Gasteiger partial charge in [0.2, 0.25) is 0 Å². The van der Waals surface area contributed by atoms with Crippen LogP contribution in [0, 0.1) is 0 Å². The summed E-state index contributed by atoms with van der Waals surface area (Å²) in [7, 11) is 0. The highest BCUT2D eigenvalue weighted by atomic mass is 15.1. The molecule has 0 radical (unpaired) electrons. The first-order valence-corrected chi connectivity index (χ1v) is 31.0. The summed E-state index contributed by atoms with van der Waals surface area (Å²) in [5.41, 5.74) is 18.1. The van der Waals surface area contributed by atoms with Crippen molar-refractivity contribution < 1.29 is 0 Å². The normalized spacial score (nSPS) is 11.3. The molecular formula is C88H60N2. The van der Waals surface area contributed by atoms with Crippen LogP contribution in [-0.4, -0.2) is 0 Å². The lowest BCUT2D eigenvalue weighted by Gasteiger charge is -2.28. The molecule has 2 heteroatoms. The minimum atomic E-state index is 1.07. The van der Waals surface area contributed by atoms with Crippen molar-refractivity contribution in [3.63, 3.8) is 0 Å². The molecule has 422 valence electrons. The molecule has 0 unspecified atom stereocenters. The molecule has 0 heterocycles. The fraction of sp³-hybridized carbons (Fsp3) is 0. The molecule has 0 aromatic heterocycles. The highest BCUT2D eigenvalue weighted by Crippen LogP contribution is 2.47. The fourth-order valence-electron chi connectivity index (χ4n) is 13.4. The van der Waals surface area contributed by atoms with Crippen molar-refractivity contribution in [2.24, 2.45) is 0 Å². The van der Waals surface area contributed by atoms with E-state index in [1.54, 1.807) is 0 Å². The largest absolute Gasteiger partial charge is 0.310 e. The first-order valence-electron chi connectivity index (χ1n) is 31.0. The minimum absolute atomic E-state index is 1.07. The SMILES string of the molecule is C(=C(c1ccccc1)c1ccccc1)c1ccc(N(c2ccc(-c3ccc(N(c4ccc(C=C(c5ccccc5)c5ccccc5)cc4)c4cc5c6ccccc6ccc5c5ccccc45)cc3)cc2)c2cc3c4ccccc4ccc3c3ccccc23)cc1.